The maximum absolute atomic E-state index is 13.1. The second-order valence-electron chi connectivity index (χ2n) is 13.8. The quantitative estimate of drug-likeness (QED) is 0.352. The highest BCUT2D eigenvalue weighted by molar-refractivity contribution is 6.05. The van der Waals surface area contributed by atoms with Gasteiger partial charge in [0, 0.05) is 69.1 Å². The normalized spacial score (nSPS) is 21.3. The molecule has 5 heterocycles. The smallest absolute Gasteiger partial charge is 0.316 e. The first-order chi connectivity index (χ1) is 22.8. The highest BCUT2D eigenvalue weighted by Gasteiger charge is 2.39. The van der Waals surface area contributed by atoms with Crippen LogP contribution in [0.1, 0.15) is 96.8 Å². The van der Waals surface area contributed by atoms with Gasteiger partial charge in [-0.05, 0) is 84.6 Å². The Hall–Kier alpha value is -4.31. The number of benzene rings is 2. The number of amides is 3. The summed E-state index contributed by atoms with van der Waals surface area (Å²) in [7, 11) is 0. The Labute approximate surface area is 276 Å². The van der Waals surface area contributed by atoms with Crippen molar-refractivity contribution in [2.75, 3.05) is 31.1 Å². The zero-order chi connectivity index (χ0) is 32.5. The second-order valence-corrected chi connectivity index (χ2v) is 13.8. The minimum Gasteiger partial charge on any atom is -0.460 e. The van der Waals surface area contributed by atoms with Crippen LogP contribution >= 0.6 is 0 Å². The van der Waals surface area contributed by atoms with Gasteiger partial charge in [0.2, 0.25) is 11.8 Å². The zero-order valence-corrected chi connectivity index (χ0v) is 27.4. The lowest BCUT2D eigenvalue weighted by Crippen LogP contribution is -2.52. The zero-order valence-electron chi connectivity index (χ0n) is 27.4. The van der Waals surface area contributed by atoms with E-state index in [9.17, 15) is 14.4 Å². The molecule has 0 aliphatic carbocycles. The fourth-order valence-corrected chi connectivity index (χ4v) is 7.41. The van der Waals surface area contributed by atoms with Crippen LogP contribution in [0, 0.1) is 0 Å². The van der Waals surface area contributed by atoms with Crippen LogP contribution in [0.15, 0.2) is 54.9 Å². The topological polar surface area (TPSA) is 108 Å². The van der Waals surface area contributed by atoms with Crippen molar-refractivity contribution in [1.29, 1.82) is 0 Å². The summed E-state index contributed by atoms with van der Waals surface area (Å²) < 4.78 is 6.08. The third-order valence-corrected chi connectivity index (χ3v) is 10.3. The van der Waals surface area contributed by atoms with Gasteiger partial charge in [-0.1, -0.05) is 38.1 Å². The number of nitrogens with zero attached hydrogens (tertiary/aromatic N) is 5. The number of fused-ring (bicyclic) bond motifs is 1. The minimum absolute atomic E-state index is 0.112. The summed E-state index contributed by atoms with van der Waals surface area (Å²) in [6.07, 6.45) is 8.58. The van der Waals surface area contributed by atoms with E-state index in [1.165, 1.54) is 16.8 Å². The number of piperidine rings is 3. The van der Waals surface area contributed by atoms with Crippen LogP contribution in [0.25, 0.3) is 0 Å². The monoisotopic (exact) mass is 636 g/mol. The first-order valence-electron chi connectivity index (χ1n) is 17.1. The largest absolute Gasteiger partial charge is 0.460 e. The number of rotatable bonds is 8. The van der Waals surface area contributed by atoms with Crippen molar-refractivity contribution >= 4 is 23.4 Å². The molecule has 1 atom stereocenters. The summed E-state index contributed by atoms with van der Waals surface area (Å²) in [5.41, 5.74) is 6.65. The van der Waals surface area contributed by atoms with Gasteiger partial charge in [-0.15, -0.1) is 0 Å². The fraction of sp³-hybridized carbons (Fsp3) is 0.486. The van der Waals surface area contributed by atoms with E-state index >= 15 is 0 Å². The van der Waals surface area contributed by atoms with Gasteiger partial charge in [0.25, 0.3) is 5.91 Å². The third-order valence-electron chi connectivity index (χ3n) is 10.3. The molecule has 0 bridgehead atoms. The van der Waals surface area contributed by atoms with Crippen LogP contribution in [0.3, 0.4) is 0 Å². The standard InChI is InChI=1S/C37H44N6O4/c1-24(2)29-20-38-37(39-21-29)47-31-13-17-42(18-14-31)30-6-3-25(4-7-30)22-41-15-11-26(12-16-41)27-5-8-32-28(19-27)23-43(36(32)46)33-9-10-34(44)40-35(33)45/h3-8,19-21,24,26,31,33H,9-18,22-23H2,1-2H3,(H,40,44,45). The van der Waals surface area contributed by atoms with Crippen LogP contribution in [0.4, 0.5) is 5.69 Å². The van der Waals surface area contributed by atoms with Crippen molar-refractivity contribution in [3.8, 4) is 6.01 Å². The van der Waals surface area contributed by atoms with E-state index in [4.69, 9.17) is 4.74 Å². The van der Waals surface area contributed by atoms with E-state index in [1.54, 1.807) is 4.90 Å². The molecule has 246 valence electrons. The van der Waals surface area contributed by atoms with E-state index in [1.807, 2.05) is 18.5 Å². The number of nitrogens with one attached hydrogen (secondary N) is 1. The lowest BCUT2D eigenvalue weighted by atomic mass is 9.87. The molecule has 3 saturated heterocycles. The van der Waals surface area contributed by atoms with Crippen molar-refractivity contribution in [3.63, 3.8) is 0 Å². The highest BCUT2D eigenvalue weighted by atomic mass is 16.5. The molecule has 10 heteroatoms. The number of hydrogen-bond acceptors (Lipinski definition) is 8. The summed E-state index contributed by atoms with van der Waals surface area (Å²) in [5.74, 6) is 0.121. The Bertz CT molecular complexity index is 1610. The van der Waals surface area contributed by atoms with Crippen molar-refractivity contribution in [1.82, 2.24) is 25.1 Å². The molecule has 1 aromatic heterocycles. The van der Waals surface area contributed by atoms with Crippen LogP contribution in [0.2, 0.25) is 0 Å². The van der Waals surface area contributed by atoms with Gasteiger partial charge in [0.1, 0.15) is 12.1 Å². The van der Waals surface area contributed by atoms with E-state index in [-0.39, 0.29) is 30.2 Å². The first kappa shape index (κ1) is 31.3. The van der Waals surface area contributed by atoms with Crippen molar-refractivity contribution in [3.05, 3.63) is 82.7 Å². The molecular formula is C37H44N6O4. The van der Waals surface area contributed by atoms with Crippen LogP contribution in [0.5, 0.6) is 6.01 Å². The predicted octanol–water partition coefficient (Wildman–Crippen LogP) is 4.79. The average Bonchev–Trinajstić information content (AvgIpc) is 3.41. The van der Waals surface area contributed by atoms with Gasteiger partial charge in [0.05, 0.1) is 0 Å². The number of carbonyl (C=O) groups excluding carboxylic acids is 3. The molecule has 4 aliphatic rings. The molecule has 3 aromatic rings. The molecule has 0 spiro atoms. The van der Waals surface area contributed by atoms with Gasteiger partial charge in [-0.3, -0.25) is 24.6 Å². The number of ether oxygens (including phenoxy) is 1. The molecule has 1 unspecified atom stereocenters. The van der Waals surface area contributed by atoms with E-state index in [0.29, 0.717) is 36.4 Å². The molecular weight excluding hydrogens is 592 g/mol. The van der Waals surface area contributed by atoms with Gasteiger partial charge in [-0.25, -0.2) is 9.97 Å². The molecule has 2 aromatic carbocycles. The second kappa shape index (κ2) is 13.4. The summed E-state index contributed by atoms with van der Waals surface area (Å²) in [4.78, 5) is 52.5. The van der Waals surface area contributed by atoms with Gasteiger partial charge >= 0.3 is 6.01 Å². The maximum atomic E-state index is 13.1. The summed E-state index contributed by atoms with van der Waals surface area (Å²) in [6, 6.07) is 15.1. The third kappa shape index (κ3) is 6.88. The molecule has 47 heavy (non-hydrogen) atoms. The van der Waals surface area contributed by atoms with E-state index < -0.39 is 6.04 Å². The van der Waals surface area contributed by atoms with Crippen LogP contribution in [-0.4, -0.2) is 75.8 Å². The van der Waals surface area contributed by atoms with Gasteiger partial charge < -0.3 is 14.5 Å². The minimum atomic E-state index is -0.575. The first-order valence-corrected chi connectivity index (χ1v) is 17.1. The van der Waals surface area contributed by atoms with Crippen molar-refractivity contribution in [2.45, 2.75) is 89.4 Å². The average molecular weight is 637 g/mol. The Kier molecular flexibility index (Phi) is 8.94. The number of carbonyl (C=O) groups is 3. The highest BCUT2D eigenvalue weighted by Crippen LogP contribution is 2.34. The van der Waals surface area contributed by atoms with Crippen LogP contribution in [-0.2, 0) is 22.7 Å². The molecule has 0 saturated carbocycles. The van der Waals surface area contributed by atoms with E-state index in [0.717, 1.165) is 69.5 Å². The van der Waals surface area contributed by atoms with E-state index in [2.05, 4.69) is 75.3 Å². The molecule has 3 amide bonds. The number of aromatic nitrogens is 2. The Morgan fingerprint density at radius 2 is 1.62 bits per heavy atom. The molecule has 7 rings (SSSR count). The molecule has 4 aliphatic heterocycles. The van der Waals surface area contributed by atoms with Crippen molar-refractivity contribution in [2.24, 2.45) is 0 Å². The number of likely N-dealkylation sites (tertiary alicyclic amines) is 1. The predicted molar refractivity (Wildman–Crippen MR) is 178 cm³/mol. The Morgan fingerprint density at radius 1 is 0.894 bits per heavy atom. The Balaban J connectivity index is 0.870. The SMILES string of the molecule is CC(C)c1cnc(OC2CCN(c3ccc(CN4CCC(c5ccc6c(c5)CN(C5CCC(=O)NC5=O)C6=O)CC4)cc3)CC2)nc1. The van der Waals surface area contributed by atoms with Crippen molar-refractivity contribution < 1.29 is 19.1 Å². The van der Waals surface area contributed by atoms with Crippen LogP contribution < -0.4 is 15.0 Å². The van der Waals surface area contributed by atoms with Gasteiger partial charge in [0.15, 0.2) is 0 Å². The summed E-state index contributed by atoms with van der Waals surface area (Å²) in [6.45, 7) is 9.60. The summed E-state index contributed by atoms with van der Waals surface area (Å²) >= 11 is 0. The Morgan fingerprint density at radius 3 is 2.30 bits per heavy atom. The number of anilines is 1. The van der Waals surface area contributed by atoms with Gasteiger partial charge in [-0.2, -0.15) is 0 Å². The molecule has 0 radical (unpaired) electrons. The maximum Gasteiger partial charge on any atom is 0.316 e. The number of imide groups is 1. The molecule has 3 fully saturated rings. The lowest BCUT2D eigenvalue weighted by molar-refractivity contribution is -0.136. The summed E-state index contributed by atoms with van der Waals surface area (Å²) in [5, 5.41) is 2.38. The fourth-order valence-electron chi connectivity index (χ4n) is 7.41. The lowest BCUT2D eigenvalue weighted by Gasteiger charge is -2.34. The number of hydrogen-bond donors (Lipinski definition) is 1. The molecule has 1 N–H and O–H groups in total. The molecule has 10 nitrogen and oxygen atoms in total.